The molecule has 0 heterocycles. The van der Waals surface area contributed by atoms with Gasteiger partial charge in [-0.3, -0.25) is 0 Å². The van der Waals surface area contributed by atoms with Crippen LogP contribution >= 0.6 is 0 Å². The number of carboxylic acid groups (broad SMARTS) is 1. The Kier molecular flexibility index (Phi) is 8.25. The van der Waals surface area contributed by atoms with Crippen molar-refractivity contribution in [1.82, 2.24) is 0 Å². The van der Waals surface area contributed by atoms with Gasteiger partial charge in [-0.25, -0.2) is 4.79 Å². The van der Waals surface area contributed by atoms with Crippen molar-refractivity contribution < 1.29 is 9.90 Å². The molecule has 2 nitrogen and oxygen atoms in total. The van der Waals surface area contributed by atoms with E-state index in [0.717, 1.165) is 22.3 Å². The van der Waals surface area contributed by atoms with Crippen LogP contribution in [0.5, 0.6) is 0 Å². The van der Waals surface area contributed by atoms with Crippen molar-refractivity contribution in [3.8, 4) is 0 Å². The number of hydrogen-bond donors (Lipinski definition) is 1. The molecule has 0 aliphatic heterocycles. The van der Waals surface area contributed by atoms with Gasteiger partial charge in [0.15, 0.2) is 0 Å². The number of carbonyl (C=O) groups is 1. The first-order chi connectivity index (χ1) is 18.4. The van der Waals surface area contributed by atoms with Crippen LogP contribution in [0, 0.1) is 13.8 Å². The minimum atomic E-state index is -0.962. The maximum atomic E-state index is 11.5. The molecule has 0 saturated heterocycles. The lowest BCUT2D eigenvalue weighted by molar-refractivity contribution is -0.131. The third-order valence-electron chi connectivity index (χ3n) is 7.93. The van der Waals surface area contributed by atoms with E-state index in [2.05, 4.69) is 95.3 Å². The minimum absolute atomic E-state index is 0.163. The standard InChI is InChI=1S/C37H40O2/c1-26-10-16-30(17-11-26)29(8-7-9-32(25-35(38)39)31-18-12-27(2)13-19-31)20-14-28-15-21-33-34(24-28)37(5,6)23-22-36(33,3)4/h7-21,24-25H,22-23H2,1-6H3,(H,38,39)/b9-7+,20-14+,29-8-,32-25-. The predicted octanol–water partition coefficient (Wildman–Crippen LogP) is 9.47. The molecule has 1 N–H and O–H groups in total. The summed E-state index contributed by atoms with van der Waals surface area (Å²) in [6, 6.07) is 23.3. The topological polar surface area (TPSA) is 37.3 Å². The van der Waals surface area contributed by atoms with Gasteiger partial charge in [-0.2, -0.15) is 0 Å². The van der Waals surface area contributed by atoms with Gasteiger partial charge in [0, 0.05) is 6.08 Å². The van der Waals surface area contributed by atoms with E-state index in [1.54, 1.807) is 0 Å². The summed E-state index contributed by atoms with van der Waals surface area (Å²) < 4.78 is 0. The third-order valence-corrected chi connectivity index (χ3v) is 7.93. The number of hydrogen-bond acceptors (Lipinski definition) is 1. The number of allylic oxidation sites excluding steroid dienone is 6. The van der Waals surface area contributed by atoms with Crippen LogP contribution in [0.1, 0.15) is 79.5 Å². The highest BCUT2D eigenvalue weighted by Crippen LogP contribution is 2.46. The molecule has 0 atom stereocenters. The fourth-order valence-corrected chi connectivity index (χ4v) is 5.25. The van der Waals surface area contributed by atoms with E-state index >= 15 is 0 Å². The highest BCUT2D eigenvalue weighted by atomic mass is 16.4. The minimum Gasteiger partial charge on any atom is -0.478 e. The van der Waals surface area contributed by atoms with E-state index in [-0.39, 0.29) is 10.8 Å². The van der Waals surface area contributed by atoms with Crippen LogP contribution in [0.25, 0.3) is 17.2 Å². The Balaban J connectivity index is 1.70. The van der Waals surface area contributed by atoms with Crippen molar-refractivity contribution >= 4 is 23.2 Å². The molecule has 3 aromatic carbocycles. The summed E-state index contributed by atoms with van der Waals surface area (Å²) in [5.74, 6) is -0.962. The average Bonchev–Trinajstić information content (AvgIpc) is 2.89. The second-order valence-corrected chi connectivity index (χ2v) is 12.1. The molecular formula is C37H40O2. The molecular weight excluding hydrogens is 476 g/mol. The maximum absolute atomic E-state index is 11.5. The molecule has 0 bridgehead atoms. The van der Waals surface area contributed by atoms with Crippen molar-refractivity contribution in [2.75, 3.05) is 0 Å². The molecule has 0 saturated carbocycles. The van der Waals surface area contributed by atoms with Gasteiger partial charge in [-0.15, -0.1) is 0 Å². The van der Waals surface area contributed by atoms with Crippen LogP contribution in [-0.4, -0.2) is 11.1 Å². The Hall–Kier alpha value is -3.91. The van der Waals surface area contributed by atoms with Gasteiger partial charge in [0.05, 0.1) is 0 Å². The highest BCUT2D eigenvalue weighted by molar-refractivity contribution is 5.93. The van der Waals surface area contributed by atoms with Gasteiger partial charge in [0.25, 0.3) is 0 Å². The first-order valence-electron chi connectivity index (χ1n) is 13.7. The molecule has 39 heavy (non-hydrogen) atoms. The molecule has 2 heteroatoms. The summed E-state index contributed by atoms with van der Waals surface area (Å²) in [6.45, 7) is 13.5. The van der Waals surface area contributed by atoms with E-state index in [1.165, 1.54) is 41.2 Å². The Morgan fingerprint density at radius 2 is 1.26 bits per heavy atom. The van der Waals surface area contributed by atoms with Crippen molar-refractivity contribution in [1.29, 1.82) is 0 Å². The second kappa shape index (κ2) is 11.5. The number of aliphatic carboxylic acids is 1. The fraction of sp³-hybridized carbons (Fsp3) is 0.270. The summed E-state index contributed by atoms with van der Waals surface area (Å²) in [7, 11) is 0. The van der Waals surface area contributed by atoms with E-state index < -0.39 is 5.97 Å². The van der Waals surface area contributed by atoms with Crippen molar-refractivity contribution in [3.05, 3.63) is 136 Å². The summed E-state index contributed by atoms with van der Waals surface area (Å²) in [5, 5.41) is 9.44. The molecule has 0 amide bonds. The van der Waals surface area contributed by atoms with Gasteiger partial charge in [-0.1, -0.05) is 136 Å². The van der Waals surface area contributed by atoms with Crippen LogP contribution in [-0.2, 0) is 15.6 Å². The monoisotopic (exact) mass is 516 g/mol. The summed E-state index contributed by atoms with van der Waals surface area (Å²) in [5.41, 5.74) is 10.5. The predicted molar refractivity (Wildman–Crippen MR) is 166 cm³/mol. The zero-order valence-electron chi connectivity index (χ0n) is 24.1. The molecule has 0 spiro atoms. The van der Waals surface area contributed by atoms with Crippen LogP contribution in [0.15, 0.2) is 97.1 Å². The van der Waals surface area contributed by atoms with Crippen molar-refractivity contribution in [2.24, 2.45) is 0 Å². The molecule has 3 aromatic rings. The number of aryl methyl sites for hydroxylation is 2. The highest BCUT2D eigenvalue weighted by Gasteiger charge is 2.36. The van der Waals surface area contributed by atoms with Gasteiger partial charge < -0.3 is 5.11 Å². The quantitative estimate of drug-likeness (QED) is 0.251. The van der Waals surface area contributed by atoms with Crippen LogP contribution in [0.2, 0.25) is 0 Å². The van der Waals surface area contributed by atoms with Gasteiger partial charge in [0.2, 0.25) is 0 Å². The Morgan fingerprint density at radius 1 is 0.718 bits per heavy atom. The third kappa shape index (κ3) is 6.95. The second-order valence-electron chi connectivity index (χ2n) is 12.1. The Morgan fingerprint density at radius 3 is 1.82 bits per heavy atom. The van der Waals surface area contributed by atoms with E-state index in [1.807, 2.05) is 43.3 Å². The number of rotatable bonds is 7. The van der Waals surface area contributed by atoms with E-state index in [0.29, 0.717) is 5.57 Å². The van der Waals surface area contributed by atoms with Gasteiger partial charge in [0.1, 0.15) is 0 Å². The lowest BCUT2D eigenvalue weighted by Crippen LogP contribution is -2.33. The molecule has 200 valence electrons. The first-order valence-corrected chi connectivity index (χ1v) is 13.7. The van der Waals surface area contributed by atoms with Gasteiger partial charge in [-0.05, 0) is 76.5 Å². The van der Waals surface area contributed by atoms with Crippen molar-refractivity contribution in [2.45, 2.75) is 65.2 Å². The molecule has 0 radical (unpaired) electrons. The molecule has 1 aliphatic rings. The van der Waals surface area contributed by atoms with Crippen LogP contribution < -0.4 is 0 Å². The summed E-state index contributed by atoms with van der Waals surface area (Å²) >= 11 is 0. The Labute approximate surface area is 234 Å². The van der Waals surface area contributed by atoms with Crippen molar-refractivity contribution in [3.63, 3.8) is 0 Å². The van der Waals surface area contributed by atoms with E-state index in [9.17, 15) is 9.90 Å². The molecule has 0 aromatic heterocycles. The Bertz CT molecular complexity index is 1460. The normalized spacial score (nSPS) is 17.0. The maximum Gasteiger partial charge on any atom is 0.328 e. The molecule has 0 fully saturated rings. The van der Waals surface area contributed by atoms with Crippen LogP contribution in [0.3, 0.4) is 0 Å². The lowest BCUT2D eigenvalue weighted by Gasteiger charge is -2.42. The summed E-state index contributed by atoms with van der Waals surface area (Å²) in [6.07, 6.45) is 13.8. The zero-order valence-corrected chi connectivity index (χ0v) is 24.1. The summed E-state index contributed by atoms with van der Waals surface area (Å²) in [4.78, 5) is 11.5. The van der Waals surface area contributed by atoms with E-state index in [4.69, 9.17) is 0 Å². The molecule has 1 aliphatic carbocycles. The first kappa shape index (κ1) is 28.1. The van der Waals surface area contributed by atoms with Crippen LogP contribution in [0.4, 0.5) is 0 Å². The number of fused-ring (bicyclic) bond motifs is 1. The fourth-order valence-electron chi connectivity index (χ4n) is 5.25. The SMILES string of the molecule is Cc1ccc(C(=C\C(=O)O)/C=C/C=C(/C=C/c2ccc3c(c2)C(C)(C)CCC3(C)C)c2ccc(C)cc2)cc1. The number of benzene rings is 3. The molecule has 0 unspecified atom stereocenters. The lowest BCUT2D eigenvalue weighted by atomic mass is 9.63. The smallest absolute Gasteiger partial charge is 0.328 e. The average molecular weight is 517 g/mol. The zero-order chi connectivity index (χ0) is 28.2. The molecule has 4 rings (SSSR count). The van der Waals surface area contributed by atoms with Gasteiger partial charge >= 0.3 is 5.97 Å². The largest absolute Gasteiger partial charge is 0.478 e. The number of carboxylic acids is 1.